The number of nitrogens with two attached hydrogens (primary N) is 1. The SMILES string of the molecule is C=CC(=C\C=[NH+]c1cccc(-c2ccccc2)c1)/C(/C=C\[NH2+]c1cccc(-c2ccccc2)c1)=C/C. The van der Waals surface area contributed by atoms with Crippen LogP contribution >= 0.6 is 0 Å². The molecule has 0 aliphatic heterocycles. The van der Waals surface area contributed by atoms with Crippen LogP contribution in [0.5, 0.6) is 0 Å². The number of hydrogen-bond acceptors (Lipinski definition) is 0. The molecule has 0 aliphatic rings. The molecule has 0 radical (unpaired) electrons. The van der Waals surface area contributed by atoms with Gasteiger partial charge in [0.2, 0.25) is 5.69 Å². The summed E-state index contributed by atoms with van der Waals surface area (Å²) in [4.78, 5) is 3.39. The average Bonchev–Trinajstić information content (AvgIpc) is 2.95. The van der Waals surface area contributed by atoms with Crippen LogP contribution in [0.25, 0.3) is 22.3 Å². The molecule has 0 spiro atoms. The number of nitrogens with one attached hydrogen (secondary N) is 1. The Morgan fingerprint density at radius 2 is 1.31 bits per heavy atom. The third-order valence-electron chi connectivity index (χ3n) is 5.91. The monoisotopic (exact) mass is 468 g/mol. The second-order valence-corrected chi connectivity index (χ2v) is 8.35. The molecule has 0 heterocycles. The van der Waals surface area contributed by atoms with Crippen LogP contribution in [0.2, 0.25) is 0 Å². The van der Waals surface area contributed by atoms with Crippen LogP contribution in [-0.2, 0) is 0 Å². The summed E-state index contributed by atoms with van der Waals surface area (Å²) < 4.78 is 0. The standard InChI is InChI=1S/C34H30N2/c1-3-27(21-23-35-33-19-11-17-31(25-33)29-13-7-5-8-14-29)28(4-2)22-24-36-34-20-12-18-32(26-34)30-15-9-6-10-16-30/h3-26,36H,1H2,2H3/p+2/b24-22-,27-21+,28-4+,35-23?. The normalized spacial score (nSPS) is 12.4. The first-order chi connectivity index (χ1) is 17.8. The van der Waals surface area contributed by atoms with Gasteiger partial charge in [0.15, 0.2) is 6.21 Å². The maximum absolute atomic E-state index is 4.02. The van der Waals surface area contributed by atoms with E-state index in [9.17, 15) is 0 Å². The fourth-order valence-corrected chi connectivity index (χ4v) is 4.00. The smallest absolute Gasteiger partial charge is 0.204 e. The fraction of sp³-hybridized carbons (Fsp3) is 0.0294. The molecule has 0 unspecified atom stereocenters. The van der Waals surface area contributed by atoms with E-state index in [0.29, 0.717) is 0 Å². The molecule has 2 heteroatoms. The number of hydrogen-bond donors (Lipinski definition) is 2. The van der Waals surface area contributed by atoms with Gasteiger partial charge in [-0.1, -0.05) is 104 Å². The van der Waals surface area contributed by atoms with E-state index in [4.69, 9.17) is 0 Å². The molecular formula is C34H32N2+2. The van der Waals surface area contributed by atoms with Crippen molar-refractivity contribution in [2.75, 3.05) is 0 Å². The molecule has 0 amide bonds. The maximum Gasteiger partial charge on any atom is 0.204 e. The van der Waals surface area contributed by atoms with Crippen molar-refractivity contribution in [2.24, 2.45) is 0 Å². The van der Waals surface area contributed by atoms with Crippen molar-refractivity contribution < 1.29 is 10.3 Å². The molecule has 4 rings (SSSR count). The van der Waals surface area contributed by atoms with E-state index in [0.717, 1.165) is 16.8 Å². The molecule has 2 nitrogen and oxygen atoms in total. The number of benzene rings is 4. The highest BCUT2D eigenvalue weighted by Crippen LogP contribution is 2.21. The van der Waals surface area contributed by atoms with Crippen molar-refractivity contribution in [1.29, 1.82) is 0 Å². The lowest BCUT2D eigenvalue weighted by Gasteiger charge is -2.03. The van der Waals surface area contributed by atoms with Crippen LogP contribution in [-0.4, -0.2) is 6.21 Å². The van der Waals surface area contributed by atoms with Gasteiger partial charge in [0.05, 0.1) is 6.20 Å². The highest BCUT2D eigenvalue weighted by Gasteiger charge is 2.03. The van der Waals surface area contributed by atoms with Gasteiger partial charge in [0.25, 0.3) is 0 Å². The first-order valence-electron chi connectivity index (χ1n) is 12.2. The topological polar surface area (TPSA) is 30.6 Å². The van der Waals surface area contributed by atoms with Gasteiger partial charge in [0, 0.05) is 24.3 Å². The van der Waals surface area contributed by atoms with Gasteiger partial charge in [-0.2, -0.15) is 0 Å². The molecule has 0 aromatic heterocycles. The summed E-state index contributed by atoms with van der Waals surface area (Å²) in [5, 5.41) is 2.13. The minimum absolute atomic E-state index is 1.04. The molecule has 3 N–H and O–H groups in total. The van der Waals surface area contributed by atoms with Gasteiger partial charge >= 0.3 is 0 Å². The Morgan fingerprint density at radius 3 is 1.94 bits per heavy atom. The zero-order valence-corrected chi connectivity index (χ0v) is 20.6. The summed E-state index contributed by atoms with van der Waals surface area (Å²) in [5.74, 6) is 0. The first-order valence-corrected chi connectivity index (χ1v) is 12.2. The molecular weight excluding hydrogens is 436 g/mol. The van der Waals surface area contributed by atoms with Crippen LogP contribution in [0.3, 0.4) is 0 Å². The molecule has 4 aromatic rings. The van der Waals surface area contributed by atoms with Gasteiger partial charge in [-0.05, 0) is 52.5 Å². The summed E-state index contributed by atoms with van der Waals surface area (Å²) in [6.07, 6.45) is 12.2. The average molecular weight is 469 g/mol. The largest absolute Gasteiger partial charge is 0.288 e. The lowest BCUT2D eigenvalue weighted by Crippen LogP contribution is -2.70. The summed E-state index contributed by atoms with van der Waals surface area (Å²) in [6.45, 7) is 6.07. The minimum Gasteiger partial charge on any atom is -0.288 e. The highest BCUT2D eigenvalue weighted by atomic mass is 14.8. The summed E-state index contributed by atoms with van der Waals surface area (Å²) in [6, 6.07) is 37.8. The van der Waals surface area contributed by atoms with Crippen molar-refractivity contribution >= 4 is 17.6 Å². The van der Waals surface area contributed by atoms with Crippen molar-refractivity contribution in [1.82, 2.24) is 0 Å². The molecule has 4 aromatic carbocycles. The Balaban J connectivity index is 1.44. The quantitative estimate of drug-likeness (QED) is 0.165. The van der Waals surface area contributed by atoms with Gasteiger partial charge in [-0.25, -0.2) is 4.99 Å². The molecule has 0 fully saturated rings. The molecule has 0 aliphatic carbocycles. The minimum atomic E-state index is 1.04. The van der Waals surface area contributed by atoms with Crippen LogP contribution in [0.4, 0.5) is 11.4 Å². The van der Waals surface area contributed by atoms with Crippen LogP contribution in [0, 0.1) is 0 Å². The predicted molar refractivity (Wildman–Crippen MR) is 153 cm³/mol. The summed E-state index contributed by atoms with van der Waals surface area (Å²) in [7, 11) is 0. The number of allylic oxidation sites excluding steroid dienone is 6. The Hall–Kier alpha value is -4.53. The van der Waals surface area contributed by atoms with E-state index in [1.165, 1.54) is 27.9 Å². The predicted octanol–water partition coefficient (Wildman–Crippen LogP) is 6.27. The Labute approximate surface area is 214 Å². The fourth-order valence-electron chi connectivity index (χ4n) is 4.00. The molecule has 0 saturated heterocycles. The van der Waals surface area contributed by atoms with E-state index >= 15 is 0 Å². The maximum atomic E-state index is 4.02. The van der Waals surface area contributed by atoms with Crippen molar-refractivity contribution in [3.8, 4) is 22.3 Å². The van der Waals surface area contributed by atoms with Gasteiger partial charge in [0.1, 0.15) is 5.69 Å². The molecule has 0 bridgehead atoms. The second-order valence-electron chi connectivity index (χ2n) is 8.35. The van der Waals surface area contributed by atoms with Gasteiger partial charge in [-0.15, -0.1) is 0 Å². The van der Waals surface area contributed by atoms with E-state index in [-0.39, 0.29) is 0 Å². The molecule has 176 valence electrons. The summed E-state index contributed by atoms with van der Waals surface area (Å²) >= 11 is 0. The Bertz CT molecular complexity index is 1410. The third kappa shape index (κ3) is 6.75. The highest BCUT2D eigenvalue weighted by molar-refractivity contribution is 5.72. The van der Waals surface area contributed by atoms with Gasteiger partial charge < -0.3 is 0 Å². The zero-order chi connectivity index (χ0) is 25.0. The summed E-state index contributed by atoms with van der Waals surface area (Å²) in [5.41, 5.74) is 9.19. The van der Waals surface area contributed by atoms with Crippen LogP contribution in [0.1, 0.15) is 6.92 Å². The first kappa shape index (κ1) is 24.6. The van der Waals surface area contributed by atoms with Gasteiger partial charge in [-0.3, -0.25) is 5.32 Å². The van der Waals surface area contributed by atoms with Crippen molar-refractivity contribution in [3.63, 3.8) is 0 Å². The molecule has 0 saturated carbocycles. The van der Waals surface area contributed by atoms with E-state index < -0.39 is 0 Å². The van der Waals surface area contributed by atoms with Crippen molar-refractivity contribution in [3.05, 3.63) is 157 Å². The second kappa shape index (κ2) is 12.8. The van der Waals surface area contributed by atoms with Crippen LogP contribution in [0.15, 0.2) is 157 Å². The number of rotatable bonds is 9. The lowest BCUT2D eigenvalue weighted by molar-refractivity contribution is -0.496. The lowest BCUT2D eigenvalue weighted by atomic mass is 10.0. The van der Waals surface area contributed by atoms with Crippen LogP contribution < -0.4 is 10.3 Å². The van der Waals surface area contributed by atoms with E-state index in [2.05, 4.69) is 138 Å². The molecule has 0 atom stereocenters. The van der Waals surface area contributed by atoms with Crippen molar-refractivity contribution in [2.45, 2.75) is 6.92 Å². The Kier molecular flexibility index (Phi) is 8.74. The van der Waals surface area contributed by atoms with E-state index in [1.807, 2.05) is 31.3 Å². The Morgan fingerprint density at radius 1 is 0.694 bits per heavy atom. The van der Waals surface area contributed by atoms with E-state index in [1.54, 1.807) is 0 Å². The zero-order valence-electron chi connectivity index (χ0n) is 20.6. The molecule has 36 heavy (non-hydrogen) atoms. The third-order valence-corrected chi connectivity index (χ3v) is 5.91. The number of quaternary nitrogens is 1.